The minimum absolute atomic E-state index is 0.0640. The van der Waals surface area contributed by atoms with E-state index in [4.69, 9.17) is 9.15 Å². The molecule has 1 aliphatic carbocycles. The Balaban J connectivity index is 1.52. The summed E-state index contributed by atoms with van der Waals surface area (Å²) in [4.78, 5) is 24.6. The van der Waals surface area contributed by atoms with E-state index in [9.17, 15) is 18.0 Å². The molecule has 7 nitrogen and oxygen atoms in total. The van der Waals surface area contributed by atoms with Gasteiger partial charge in [0.1, 0.15) is 17.4 Å². The number of carbonyl (C=O) groups is 1. The molecule has 1 aliphatic rings. The Bertz CT molecular complexity index is 1290. The molecule has 30 heavy (non-hydrogen) atoms. The van der Waals surface area contributed by atoms with Crippen LogP contribution in [0.3, 0.4) is 0 Å². The van der Waals surface area contributed by atoms with Crippen LogP contribution in [0, 0.1) is 6.92 Å². The molecule has 0 bridgehead atoms. The van der Waals surface area contributed by atoms with Crippen LogP contribution in [0.5, 0.6) is 5.75 Å². The number of sulfonamides is 1. The molecule has 0 spiro atoms. The van der Waals surface area contributed by atoms with E-state index in [1.165, 1.54) is 25.1 Å². The number of fused-ring (bicyclic) bond motifs is 3. The summed E-state index contributed by atoms with van der Waals surface area (Å²) >= 11 is 0. The van der Waals surface area contributed by atoms with Crippen LogP contribution in [-0.2, 0) is 27.7 Å². The van der Waals surface area contributed by atoms with Crippen LogP contribution >= 0.6 is 0 Å². The highest BCUT2D eigenvalue weighted by atomic mass is 32.2. The SMILES string of the molecule is Cc1ccc(S(=O)(=O)NC(C)C(=O)Oc2ccc3c4c(c(=O)oc3c2)CCC4)cc1. The quantitative estimate of drug-likeness (QED) is 0.382. The maximum atomic E-state index is 12.5. The first-order chi connectivity index (χ1) is 14.2. The number of benzene rings is 2. The standard InChI is InChI=1S/C22H21NO6S/c1-13-6-9-16(10-7-13)30(26,27)23-14(2)21(24)28-15-8-11-18-17-4-3-5-19(17)22(25)29-20(18)12-15/h6-12,14,23H,3-5H2,1-2H3. The van der Waals surface area contributed by atoms with Crippen LogP contribution in [0.2, 0.25) is 0 Å². The Hall–Kier alpha value is -2.97. The van der Waals surface area contributed by atoms with E-state index in [1.807, 2.05) is 6.92 Å². The van der Waals surface area contributed by atoms with Crippen molar-refractivity contribution in [3.05, 3.63) is 69.6 Å². The number of carbonyl (C=O) groups excluding carboxylic acids is 1. The van der Waals surface area contributed by atoms with Crippen molar-refractivity contribution in [2.24, 2.45) is 0 Å². The smallest absolute Gasteiger partial charge is 0.339 e. The van der Waals surface area contributed by atoms with Gasteiger partial charge < -0.3 is 9.15 Å². The monoisotopic (exact) mass is 427 g/mol. The van der Waals surface area contributed by atoms with Crippen molar-refractivity contribution in [2.75, 3.05) is 0 Å². The van der Waals surface area contributed by atoms with Crippen LogP contribution in [0.15, 0.2) is 56.6 Å². The van der Waals surface area contributed by atoms with Crippen LogP contribution in [-0.4, -0.2) is 20.4 Å². The largest absolute Gasteiger partial charge is 0.425 e. The van der Waals surface area contributed by atoms with Crippen molar-refractivity contribution in [3.8, 4) is 5.75 Å². The molecular weight excluding hydrogens is 406 g/mol. The molecule has 0 fully saturated rings. The van der Waals surface area contributed by atoms with E-state index in [1.54, 1.807) is 24.3 Å². The second-order valence-electron chi connectivity index (χ2n) is 7.44. The molecule has 0 amide bonds. The number of hydrogen-bond acceptors (Lipinski definition) is 6. The summed E-state index contributed by atoms with van der Waals surface area (Å²) in [5, 5.41) is 0.829. The van der Waals surface area contributed by atoms with Crippen molar-refractivity contribution in [2.45, 2.75) is 44.0 Å². The number of esters is 1. The van der Waals surface area contributed by atoms with Gasteiger partial charge in [0.05, 0.1) is 4.90 Å². The second-order valence-corrected chi connectivity index (χ2v) is 9.15. The fourth-order valence-electron chi connectivity index (χ4n) is 3.60. The third-order valence-corrected chi connectivity index (χ3v) is 6.74. The lowest BCUT2D eigenvalue weighted by Gasteiger charge is -2.14. The summed E-state index contributed by atoms with van der Waals surface area (Å²) in [6.07, 6.45) is 2.44. The molecule has 0 saturated heterocycles. The van der Waals surface area contributed by atoms with Crippen molar-refractivity contribution >= 4 is 27.0 Å². The van der Waals surface area contributed by atoms with Crippen LogP contribution in [0.25, 0.3) is 11.0 Å². The molecule has 1 heterocycles. The van der Waals surface area contributed by atoms with E-state index < -0.39 is 22.0 Å². The molecule has 1 unspecified atom stereocenters. The van der Waals surface area contributed by atoms with Crippen LogP contribution in [0.1, 0.15) is 30.0 Å². The predicted octanol–water partition coefficient (Wildman–Crippen LogP) is 2.86. The first-order valence-electron chi connectivity index (χ1n) is 9.64. The molecule has 1 N–H and O–H groups in total. The van der Waals surface area contributed by atoms with Gasteiger partial charge in [0.15, 0.2) is 0 Å². The number of nitrogens with one attached hydrogen (secondary N) is 1. The lowest BCUT2D eigenvalue weighted by Crippen LogP contribution is -2.40. The summed E-state index contributed by atoms with van der Waals surface area (Å²) in [7, 11) is -3.87. The summed E-state index contributed by atoms with van der Waals surface area (Å²) in [5.41, 5.74) is 2.61. The van der Waals surface area contributed by atoms with Crippen molar-refractivity contribution in [1.29, 1.82) is 0 Å². The van der Waals surface area contributed by atoms with Gasteiger partial charge in [-0.2, -0.15) is 4.72 Å². The van der Waals surface area contributed by atoms with E-state index in [2.05, 4.69) is 4.72 Å². The Morgan fingerprint density at radius 1 is 1.10 bits per heavy atom. The summed E-state index contributed by atoms with van der Waals surface area (Å²) < 4.78 is 37.9. The van der Waals surface area contributed by atoms with Gasteiger partial charge in [-0.05, 0) is 62.9 Å². The van der Waals surface area contributed by atoms with Crippen LogP contribution in [0.4, 0.5) is 0 Å². The topological polar surface area (TPSA) is 103 Å². The van der Waals surface area contributed by atoms with Gasteiger partial charge in [-0.25, -0.2) is 18.0 Å². The molecule has 0 radical (unpaired) electrons. The highest BCUT2D eigenvalue weighted by molar-refractivity contribution is 7.89. The van der Waals surface area contributed by atoms with Gasteiger partial charge in [0.25, 0.3) is 0 Å². The Kier molecular flexibility index (Phi) is 5.21. The molecule has 8 heteroatoms. The normalized spacial score (nSPS) is 14.5. The number of rotatable bonds is 5. The lowest BCUT2D eigenvalue weighted by molar-refractivity contribution is -0.135. The van der Waals surface area contributed by atoms with E-state index >= 15 is 0 Å². The maximum absolute atomic E-state index is 12.5. The zero-order chi connectivity index (χ0) is 21.5. The minimum Gasteiger partial charge on any atom is -0.425 e. The molecule has 1 atom stereocenters. The first kappa shape index (κ1) is 20.3. The van der Waals surface area contributed by atoms with E-state index in [0.29, 0.717) is 17.6 Å². The Morgan fingerprint density at radius 3 is 2.53 bits per heavy atom. The van der Waals surface area contributed by atoms with Crippen molar-refractivity contribution < 1.29 is 22.4 Å². The average Bonchev–Trinajstić information content (AvgIpc) is 3.18. The molecule has 1 aromatic heterocycles. The fourth-order valence-corrected chi connectivity index (χ4v) is 4.79. The zero-order valence-electron chi connectivity index (χ0n) is 16.6. The molecule has 2 aromatic carbocycles. The van der Waals surface area contributed by atoms with Gasteiger partial charge in [-0.3, -0.25) is 0 Å². The lowest BCUT2D eigenvalue weighted by atomic mass is 10.1. The van der Waals surface area contributed by atoms with E-state index in [0.717, 1.165) is 29.4 Å². The minimum atomic E-state index is -3.87. The molecule has 0 aliphatic heterocycles. The van der Waals surface area contributed by atoms with E-state index in [-0.39, 0.29) is 16.3 Å². The molecule has 0 saturated carbocycles. The Morgan fingerprint density at radius 2 is 1.80 bits per heavy atom. The zero-order valence-corrected chi connectivity index (χ0v) is 17.4. The fraction of sp³-hybridized carbons (Fsp3) is 0.273. The summed E-state index contributed by atoms with van der Waals surface area (Å²) in [5.74, 6) is -0.594. The average molecular weight is 427 g/mol. The van der Waals surface area contributed by atoms with Gasteiger partial charge in [-0.15, -0.1) is 0 Å². The second kappa shape index (κ2) is 7.70. The maximum Gasteiger partial charge on any atom is 0.339 e. The third-order valence-electron chi connectivity index (χ3n) is 5.18. The summed E-state index contributed by atoms with van der Waals surface area (Å²) in [6, 6.07) is 10.0. The van der Waals surface area contributed by atoms with Gasteiger partial charge >= 0.3 is 11.6 Å². The number of ether oxygens (including phenoxy) is 1. The summed E-state index contributed by atoms with van der Waals surface area (Å²) in [6.45, 7) is 3.26. The Labute approximate surface area is 173 Å². The first-order valence-corrected chi connectivity index (χ1v) is 11.1. The molecule has 3 aromatic rings. The van der Waals surface area contributed by atoms with Gasteiger partial charge in [0, 0.05) is 17.0 Å². The van der Waals surface area contributed by atoms with Crippen molar-refractivity contribution in [1.82, 2.24) is 4.72 Å². The highest BCUT2D eigenvalue weighted by Gasteiger charge is 2.24. The van der Waals surface area contributed by atoms with Gasteiger partial charge in [0.2, 0.25) is 10.0 Å². The third kappa shape index (κ3) is 3.88. The molecule has 4 rings (SSSR count). The number of hydrogen-bond donors (Lipinski definition) is 1. The van der Waals surface area contributed by atoms with Crippen LogP contribution < -0.4 is 15.1 Å². The van der Waals surface area contributed by atoms with Gasteiger partial charge in [-0.1, -0.05) is 17.7 Å². The molecule has 156 valence electrons. The highest BCUT2D eigenvalue weighted by Crippen LogP contribution is 2.29. The number of aryl methyl sites for hydroxylation is 2. The molecular formula is C22H21NO6S. The van der Waals surface area contributed by atoms with Crippen molar-refractivity contribution in [3.63, 3.8) is 0 Å². The predicted molar refractivity (Wildman–Crippen MR) is 111 cm³/mol.